The van der Waals surface area contributed by atoms with Crippen molar-refractivity contribution in [2.24, 2.45) is 5.73 Å². The van der Waals surface area contributed by atoms with E-state index < -0.39 is 0 Å². The third kappa shape index (κ3) is 2.82. The first kappa shape index (κ1) is 13.8. The van der Waals surface area contributed by atoms with Crippen LogP contribution in [0.25, 0.3) is 10.8 Å². The van der Waals surface area contributed by atoms with Crippen LogP contribution in [0, 0.1) is 0 Å². The highest BCUT2D eigenvalue weighted by Crippen LogP contribution is 2.36. The molecule has 3 aromatic rings. The van der Waals surface area contributed by atoms with Crippen LogP contribution in [0.2, 0.25) is 0 Å². The lowest BCUT2D eigenvalue weighted by atomic mass is 10.0. The van der Waals surface area contributed by atoms with Crippen molar-refractivity contribution in [3.63, 3.8) is 0 Å². The Labute approximate surface area is 127 Å². The Morgan fingerprint density at radius 2 is 1.62 bits per heavy atom. The topological polar surface area (TPSA) is 58.3 Å². The fraction of sp³-hybridized carbons (Fsp3) is 0.0588. The van der Waals surface area contributed by atoms with Gasteiger partial charge in [-0.1, -0.05) is 42.5 Å². The Morgan fingerprint density at radius 3 is 2.33 bits per heavy atom. The fourth-order valence-corrected chi connectivity index (χ4v) is 2.95. The second-order valence-electron chi connectivity index (χ2n) is 4.70. The zero-order chi connectivity index (χ0) is 14.7. The van der Waals surface area contributed by atoms with Gasteiger partial charge in [-0.25, -0.2) is 0 Å². The van der Waals surface area contributed by atoms with E-state index in [1.807, 2.05) is 60.7 Å². The van der Waals surface area contributed by atoms with E-state index in [1.165, 1.54) is 0 Å². The van der Waals surface area contributed by atoms with Crippen LogP contribution >= 0.6 is 11.9 Å². The number of hydrogen-bond acceptors (Lipinski definition) is 4. The van der Waals surface area contributed by atoms with Crippen molar-refractivity contribution in [1.29, 1.82) is 0 Å². The van der Waals surface area contributed by atoms with E-state index in [0.717, 1.165) is 26.9 Å². The predicted molar refractivity (Wildman–Crippen MR) is 89.4 cm³/mol. The monoisotopic (exact) mass is 296 g/mol. The molecule has 0 saturated carbocycles. The molecule has 21 heavy (non-hydrogen) atoms. The standard InChI is InChI=1S/C17H16N2OS/c18-11-12-10-16(19-21-13-6-2-1-3-7-13)14-8-4-5-9-15(14)17(12)20/h1-10,19-20H,11,18H2. The van der Waals surface area contributed by atoms with E-state index in [4.69, 9.17) is 5.73 Å². The molecule has 0 aliphatic rings. The van der Waals surface area contributed by atoms with E-state index in [9.17, 15) is 5.11 Å². The molecule has 3 rings (SSSR count). The predicted octanol–water partition coefficient (Wildman–Crippen LogP) is 4.12. The minimum absolute atomic E-state index is 0.267. The third-order valence-corrected chi connectivity index (χ3v) is 4.17. The molecule has 0 aliphatic carbocycles. The third-order valence-electron chi connectivity index (χ3n) is 3.34. The van der Waals surface area contributed by atoms with Gasteiger partial charge >= 0.3 is 0 Å². The number of rotatable bonds is 4. The smallest absolute Gasteiger partial charge is 0.128 e. The average Bonchev–Trinajstić information content (AvgIpc) is 2.55. The summed E-state index contributed by atoms with van der Waals surface area (Å²) in [6.07, 6.45) is 0. The molecule has 0 aromatic heterocycles. The van der Waals surface area contributed by atoms with Crippen molar-refractivity contribution in [3.8, 4) is 5.75 Å². The molecule has 0 saturated heterocycles. The number of nitrogens with two attached hydrogens (primary N) is 1. The molecule has 4 N–H and O–H groups in total. The highest BCUT2D eigenvalue weighted by Gasteiger charge is 2.10. The molecule has 0 atom stereocenters. The molecule has 0 aliphatic heterocycles. The van der Waals surface area contributed by atoms with Crippen molar-refractivity contribution in [1.82, 2.24) is 0 Å². The maximum absolute atomic E-state index is 10.2. The number of phenols is 1. The van der Waals surface area contributed by atoms with Gasteiger partial charge in [-0.2, -0.15) is 0 Å². The molecule has 3 nitrogen and oxygen atoms in total. The first-order valence-electron chi connectivity index (χ1n) is 6.71. The molecule has 0 bridgehead atoms. The molecule has 0 radical (unpaired) electrons. The molecule has 0 unspecified atom stereocenters. The highest BCUT2D eigenvalue weighted by molar-refractivity contribution is 8.00. The summed E-state index contributed by atoms with van der Waals surface area (Å²) in [7, 11) is 0. The summed E-state index contributed by atoms with van der Waals surface area (Å²) in [5.74, 6) is 0.267. The van der Waals surface area contributed by atoms with Gasteiger partial charge in [0.15, 0.2) is 0 Å². The van der Waals surface area contributed by atoms with Crippen LogP contribution in [-0.2, 0) is 6.54 Å². The van der Waals surface area contributed by atoms with E-state index in [1.54, 1.807) is 11.9 Å². The van der Waals surface area contributed by atoms with Crippen molar-refractivity contribution in [3.05, 3.63) is 66.2 Å². The van der Waals surface area contributed by atoms with Crippen LogP contribution in [0.5, 0.6) is 5.75 Å². The van der Waals surface area contributed by atoms with Crippen LogP contribution in [0.3, 0.4) is 0 Å². The molecular formula is C17H16N2OS. The van der Waals surface area contributed by atoms with Crippen LogP contribution in [-0.4, -0.2) is 5.11 Å². The minimum Gasteiger partial charge on any atom is -0.507 e. The van der Waals surface area contributed by atoms with Gasteiger partial charge < -0.3 is 15.6 Å². The van der Waals surface area contributed by atoms with Gasteiger partial charge in [-0.05, 0) is 30.1 Å². The highest BCUT2D eigenvalue weighted by atomic mass is 32.2. The summed E-state index contributed by atoms with van der Waals surface area (Å²) in [6.45, 7) is 0.307. The van der Waals surface area contributed by atoms with Gasteiger partial charge in [0.05, 0.1) is 5.69 Å². The Kier molecular flexibility index (Phi) is 3.99. The molecular weight excluding hydrogens is 280 g/mol. The Hall–Kier alpha value is -2.17. The number of aromatic hydroxyl groups is 1. The second-order valence-corrected chi connectivity index (χ2v) is 5.58. The van der Waals surface area contributed by atoms with E-state index in [2.05, 4.69) is 4.72 Å². The van der Waals surface area contributed by atoms with E-state index in [-0.39, 0.29) is 5.75 Å². The SMILES string of the molecule is NCc1cc(NSc2ccccc2)c2ccccc2c1O. The summed E-state index contributed by atoms with van der Waals surface area (Å²) in [6, 6.07) is 19.8. The van der Waals surface area contributed by atoms with Gasteiger partial charge in [0, 0.05) is 27.8 Å². The lowest BCUT2D eigenvalue weighted by molar-refractivity contribution is 0.475. The average molecular weight is 296 g/mol. The first-order valence-corrected chi connectivity index (χ1v) is 7.53. The van der Waals surface area contributed by atoms with Gasteiger partial charge in [-0.3, -0.25) is 0 Å². The zero-order valence-corrected chi connectivity index (χ0v) is 12.2. The zero-order valence-electron chi connectivity index (χ0n) is 11.4. The number of anilines is 1. The molecule has 3 aromatic carbocycles. The molecule has 0 heterocycles. The number of hydrogen-bond donors (Lipinski definition) is 3. The first-order chi connectivity index (χ1) is 10.3. The molecule has 0 spiro atoms. The lowest BCUT2D eigenvalue weighted by Gasteiger charge is -2.13. The second kappa shape index (κ2) is 6.08. The van der Waals surface area contributed by atoms with Gasteiger partial charge in [-0.15, -0.1) is 0 Å². The van der Waals surface area contributed by atoms with Crippen LogP contribution in [0.15, 0.2) is 65.6 Å². The Bertz CT molecular complexity index is 759. The largest absolute Gasteiger partial charge is 0.507 e. The lowest BCUT2D eigenvalue weighted by Crippen LogP contribution is -1.99. The fourth-order valence-electron chi connectivity index (χ4n) is 2.26. The van der Waals surface area contributed by atoms with Crippen molar-refractivity contribution in [2.45, 2.75) is 11.4 Å². The quantitative estimate of drug-likeness (QED) is 0.500. The maximum atomic E-state index is 10.2. The van der Waals surface area contributed by atoms with Crippen molar-refractivity contribution in [2.75, 3.05) is 4.72 Å². The van der Waals surface area contributed by atoms with E-state index >= 15 is 0 Å². The van der Waals surface area contributed by atoms with Crippen LogP contribution in [0.4, 0.5) is 5.69 Å². The number of phenolic OH excluding ortho intramolecular Hbond substituents is 1. The van der Waals surface area contributed by atoms with Gasteiger partial charge in [0.2, 0.25) is 0 Å². The molecule has 106 valence electrons. The van der Waals surface area contributed by atoms with Gasteiger partial charge in [0.1, 0.15) is 5.75 Å². The summed E-state index contributed by atoms with van der Waals surface area (Å²) < 4.78 is 3.36. The summed E-state index contributed by atoms with van der Waals surface area (Å²) in [5, 5.41) is 12.0. The normalized spacial score (nSPS) is 10.7. The van der Waals surface area contributed by atoms with E-state index in [0.29, 0.717) is 6.54 Å². The molecule has 0 fully saturated rings. The molecule has 4 heteroatoms. The summed E-state index contributed by atoms with van der Waals surface area (Å²) in [4.78, 5) is 1.13. The van der Waals surface area contributed by atoms with Crippen molar-refractivity contribution < 1.29 is 5.11 Å². The van der Waals surface area contributed by atoms with Crippen molar-refractivity contribution >= 4 is 28.4 Å². The summed E-state index contributed by atoms with van der Waals surface area (Å²) in [5.41, 5.74) is 7.42. The van der Waals surface area contributed by atoms with Crippen LogP contribution < -0.4 is 10.5 Å². The number of nitrogens with one attached hydrogen (secondary N) is 1. The minimum atomic E-state index is 0.267. The maximum Gasteiger partial charge on any atom is 0.128 e. The van der Waals surface area contributed by atoms with Gasteiger partial charge in [0.25, 0.3) is 0 Å². The number of benzene rings is 3. The molecule has 0 amide bonds. The number of fused-ring (bicyclic) bond motifs is 1. The Balaban J connectivity index is 1.99. The summed E-state index contributed by atoms with van der Waals surface area (Å²) >= 11 is 1.54. The van der Waals surface area contributed by atoms with Crippen LogP contribution in [0.1, 0.15) is 5.56 Å². The Morgan fingerprint density at radius 1 is 0.952 bits per heavy atom.